The van der Waals surface area contributed by atoms with Crippen LogP contribution in [0.1, 0.15) is 25.7 Å². The largest absolute Gasteiger partial charge is 0.457 e. The van der Waals surface area contributed by atoms with Crippen molar-refractivity contribution in [3.05, 3.63) is 72.3 Å². The highest BCUT2D eigenvalue weighted by atomic mass is 19.1. The van der Waals surface area contributed by atoms with Crippen LogP contribution < -0.4 is 30.7 Å². The number of halogens is 2. The van der Waals surface area contributed by atoms with Crippen LogP contribution in [0.25, 0.3) is 0 Å². The summed E-state index contributed by atoms with van der Waals surface area (Å²) < 4.78 is 40.2. The number of hydrogen-bond acceptors (Lipinski definition) is 6. The molecule has 2 aliphatic heterocycles. The Morgan fingerprint density at radius 1 is 0.611 bits per heavy atom. The topological polar surface area (TPSA) is 66.6 Å². The Labute approximate surface area is 210 Å². The van der Waals surface area contributed by atoms with Crippen LogP contribution in [0.15, 0.2) is 60.7 Å². The minimum atomic E-state index is -0.363. The number of anilines is 2. The molecule has 0 bridgehead atoms. The molecule has 3 aromatic rings. The molecule has 2 heterocycles. The van der Waals surface area contributed by atoms with Crippen LogP contribution in [0, 0.1) is 11.6 Å². The zero-order valence-corrected chi connectivity index (χ0v) is 20.2. The third kappa shape index (κ3) is 6.86. The van der Waals surface area contributed by atoms with Gasteiger partial charge in [0.15, 0.2) is 0 Å². The maximum Gasteiger partial charge on any atom is 0.132 e. The van der Waals surface area contributed by atoms with Crippen molar-refractivity contribution in [1.29, 1.82) is 0 Å². The number of piperidine rings is 2. The van der Waals surface area contributed by atoms with E-state index in [0.29, 0.717) is 34.4 Å². The first-order chi connectivity index (χ1) is 17.6. The molecule has 0 amide bonds. The van der Waals surface area contributed by atoms with Gasteiger partial charge in [-0.15, -0.1) is 0 Å². The van der Waals surface area contributed by atoms with Gasteiger partial charge in [-0.3, -0.25) is 0 Å². The Morgan fingerprint density at radius 2 is 1.06 bits per heavy atom. The van der Waals surface area contributed by atoms with Gasteiger partial charge in [-0.1, -0.05) is 0 Å². The number of nitrogens with one attached hydrogen (secondary N) is 4. The van der Waals surface area contributed by atoms with E-state index in [1.165, 1.54) is 24.3 Å². The maximum atomic E-state index is 14.2. The second-order valence-corrected chi connectivity index (χ2v) is 9.40. The Morgan fingerprint density at radius 3 is 1.44 bits per heavy atom. The van der Waals surface area contributed by atoms with Gasteiger partial charge in [-0.05, 0) is 75.2 Å². The summed E-state index contributed by atoms with van der Waals surface area (Å²) >= 11 is 0. The predicted molar refractivity (Wildman–Crippen MR) is 138 cm³/mol. The summed E-state index contributed by atoms with van der Waals surface area (Å²) in [5.74, 6) is 1.19. The summed E-state index contributed by atoms with van der Waals surface area (Å²) in [5.41, 5.74) is 1.39. The molecule has 3 aromatic carbocycles. The fourth-order valence-corrected chi connectivity index (χ4v) is 4.68. The summed E-state index contributed by atoms with van der Waals surface area (Å²) in [4.78, 5) is 0. The highest BCUT2D eigenvalue weighted by Gasteiger charge is 2.15. The average Bonchev–Trinajstić information content (AvgIpc) is 2.86. The predicted octanol–water partition coefficient (Wildman–Crippen LogP) is 5.88. The molecule has 0 aromatic heterocycles. The SMILES string of the molecule is Fc1cc(NC2CCCNC2)cc(Oc2ccc(Oc3cc(F)cc(NC4CCCNC4)c3)cc2)c1. The van der Waals surface area contributed by atoms with Crippen LogP contribution in [0.5, 0.6) is 23.0 Å². The number of hydrogen-bond donors (Lipinski definition) is 4. The van der Waals surface area contributed by atoms with Gasteiger partial charge in [-0.2, -0.15) is 0 Å². The van der Waals surface area contributed by atoms with E-state index >= 15 is 0 Å². The molecule has 2 aliphatic rings. The van der Waals surface area contributed by atoms with Crippen molar-refractivity contribution in [3.8, 4) is 23.0 Å². The lowest BCUT2D eigenvalue weighted by molar-refractivity contribution is 0.462. The van der Waals surface area contributed by atoms with E-state index in [9.17, 15) is 8.78 Å². The van der Waals surface area contributed by atoms with Gasteiger partial charge in [0.2, 0.25) is 0 Å². The van der Waals surface area contributed by atoms with Crippen molar-refractivity contribution < 1.29 is 18.3 Å². The maximum absolute atomic E-state index is 14.2. The number of ether oxygens (including phenoxy) is 2. The molecule has 36 heavy (non-hydrogen) atoms. The molecule has 0 saturated carbocycles. The zero-order valence-electron chi connectivity index (χ0n) is 20.2. The van der Waals surface area contributed by atoms with Gasteiger partial charge in [0.05, 0.1) is 0 Å². The Balaban J connectivity index is 1.21. The molecule has 2 atom stereocenters. The minimum absolute atomic E-state index is 0.266. The van der Waals surface area contributed by atoms with Crippen molar-refractivity contribution in [2.75, 3.05) is 36.8 Å². The highest BCUT2D eigenvalue weighted by Crippen LogP contribution is 2.31. The van der Waals surface area contributed by atoms with Crippen molar-refractivity contribution in [3.63, 3.8) is 0 Å². The van der Waals surface area contributed by atoms with Crippen LogP contribution in [0.4, 0.5) is 20.2 Å². The normalized spacial score (nSPS) is 19.9. The van der Waals surface area contributed by atoms with Gasteiger partial charge in [0.1, 0.15) is 34.6 Å². The van der Waals surface area contributed by atoms with E-state index in [-0.39, 0.29) is 23.7 Å². The Bertz CT molecular complexity index is 1060. The Kier molecular flexibility index (Phi) is 7.83. The molecule has 190 valence electrons. The van der Waals surface area contributed by atoms with Crippen molar-refractivity contribution in [2.24, 2.45) is 0 Å². The molecular weight excluding hydrogens is 462 g/mol. The lowest BCUT2D eigenvalue weighted by Gasteiger charge is -2.25. The lowest BCUT2D eigenvalue weighted by atomic mass is 10.1. The molecule has 0 radical (unpaired) electrons. The quantitative estimate of drug-likeness (QED) is 0.314. The first-order valence-electron chi connectivity index (χ1n) is 12.6. The van der Waals surface area contributed by atoms with Crippen molar-refractivity contribution in [2.45, 2.75) is 37.8 Å². The molecule has 8 heteroatoms. The van der Waals surface area contributed by atoms with Gasteiger partial charge in [-0.25, -0.2) is 8.78 Å². The van der Waals surface area contributed by atoms with Crippen LogP contribution in [0.3, 0.4) is 0 Å². The molecule has 4 N–H and O–H groups in total. The standard InChI is InChI=1S/C28H32F2N4O2/c29-19-11-23(33-21-3-1-9-31-17-21)15-27(13-19)35-25-5-7-26(8-6-25)36-28-14-20(30)12-24(16-28)34-22-4-2-10-32-18-22/h5-8,11-16,21-22,31-34H,1-4,9-10,17-18H2. The first-order valence-corrected chi connectivity index (χ1v) is 12.6. The van der Waals surface area contributed by atoms with Crippen LogP contribution in [0.2, 0.25) is 0 Å². The van der Waals surface area contributed by atoms with Crippen molar-refractivity contribution >= 4 is 11.4 Å². The van der Waals surface area contributed by atoms with Crippen LogP contribution in [-0.4, -0.2) is 38.3 Å². The minimum Gasteiger partial charge on any atom is -0.457 e. The molecule has 6 nitrogen and oxygen atoms in total. The third-order valence-electron chi connectivity index (χ3n) is 6.37. The lowest BCUT2D eigenvalue weighted by Crippen LogP contribution is -2.38. The van der Waals surface area contributed by atoms with E-state index in [0.717, 1.165) is 51.9 Å². The monoisotopic (exact) mass is 494 g/mol. The molecule has 2 fully saturated rings. The summed E-state index contributed by atoms with van der Waals surface area (Å²) in [7, 11) is 0. The summed E-state index contributed by atoms with van der Waals surface area (Å²) in [6, 6.07) is 16.8. The summed E-state index contributed by atoms with van der Waals surface area (Å²) in [6.07, 6.45) is 4.27. The number of benzene rings is 3. The zero-order chi connectivity index (χ0) is 24.7. The second-order valence-electron chi connectivity index (χ2n) is 9.40. The van der Waals surface area contributed by atoms with Crippen molar-refractivity contribution in [1.82, 2.24) is 10.6 Å². The fraction of sp³-hybridized carbons (Fsp3) is 0.357. The molecule has 2 unspecified atom stereocenters. The smallest absolute Gasteiger partial charge is 0.132 e. The molecular formula is C28H32F2N4O2. The van der Waals surface area contributed by atoms with Crippen LogP contribution >= 0.6 is 0 Å². The molecule has 5 rings (SSSR count). The van der Waals surface area contributed by atoms with Crippen LogP contribution in [-0.2, 0) is 0 Å². The van der Waals surface area contributed by atoms with Gasteiger partial charge in [0, 0.05) is 60.8 Å². The molecule has 2 saturated heterocycles. The molecule has 0 spiro atoms. The van der Waals surface area contributed by atoms with E-state index < -0.39 is 0 Å². The van der Waals surface area contributed by atoms with Gasteiger partial charge >= 0.3 is 0 Å². The van der Waals surface area contributed by atoms with E-state index in [1.54, 1.807) is 36.4 Å². The average molecular weight is 495 g/mol. The highest BCUT2D eigenvalue weighted by molar-refractivity contribution is 5.52. The fourth-order valence-electron chi connectivity index (χ4n) is 4.68. The third-order valence-corrected chi connectivity index (χ3v) is 6.37. The van der Waals surface area contributed by atoms with E-state index in [2.05, 4.69) is 21.3 Å². The van der Waals surface area contributed by atoms with E-state index in [4.69, 9.17) is 9.47 Å². The first kappa shape index (κ1) is 24.3. The van der Waals surface area contributed by atoms with Gasteiger partial charge < -0.3 is 30.7 Å². The molecule has 0 aliphatic carbocycles. The van der Waals surface area contributed by atoms with E-state index in [1.807, 2.05) is 0 Å². The Hall–Kier alpha value is -3.36. The summed E-state index contributed by atoms with van der Waals surface area (Å²) in [5, 5.41) is 13.4. The number of rotatable bonds is 8. The second kappa shape index (κ2) is 11.6. The van der Waals surface area contributed by atoms with Gasteiger partial charge in [0.25, 0.3) is 0 Å². The summed E-state index contributed by atoms with van der Waals surface area (Å²) in [6.45, 7) is 3.75.